The summed E-state index contributed by atoms with van der Waals surface area (Å²) >= 11 is 1.63. The normalized spacial score (nSPS) is 18.5. The molecule has 0 bridgehead atoms. The summed E-state index contributed by atoms with van der Waals surface area (Å²) in [4.78, 5) is 9.11. The highest BCUT2D eigenvalue weighted by Crippen LogP contribution is 2.39. The van der Waals surface area contributed by atoms with E-state index in [1.54, 1.807) is 17.5 Å². The first kappa shape index (κ1) is 20.5. The van der Waals surface area contributed by atoms with Crippen LogP contribution in [0.1, 0.15) is 42.2 Å². The summed E-state index contributed by atoms with van der Waals surface area (Å²) in [5.41, 5.74) is 3.12. The van der Waals surface area contributed by atoms with Crippen molar-refractivity contribution in [3.8, 4) is 22.5 Å². The second-order valence-electron chi connectivity index (χ2n) is 8.12. The molecule has 162 valence electrons. The van der Waals surface area contributed by atoms with Crippen LogP contribution in [0.2, 0.25) is 0 Å². The van der Waals surface area contributed by atoms with Crippen molar-refractivity contribution in [3.05, 3.63) is 47.4 Å². The number of hydrogen-bond donors (Lipinski definition) is 2. The van der Waals surface area contributed by atoms with Crippen LogP contribution in [0.15, 0.2) is 36.8 Å². The number of aromatic nitrogens is 5. The van der Waals surface area contributed by atoms with Crippen LogP contribution in [-0.2, 0) is 0 Å². The number of nitrogens with zero attached hydrogens (tertiary/aromatic N) is 6. The van der Waals surface area contributed by atoms with E-state index in [0.717, 1.165) is 63.8 Å². The van der Waals surface area contributed by atoms with Crippen LogP contribution in [0, 0.1) is 17.2 Å². The number of fused-ring (bicyclic) bond motifs is 1. The molecule has 9 heteroatoms. The standard InChI is InChI=1S/C23H23N7OS/c1-25-19-9-20(30-7-6-17-8-15(10-24)11-27-21(17)30)26-12-18(19)23-29-28-22(32-23)16-4-2-14(13-31)3-5-16/h6-9,11-12,14,16,31H,2-5,13H2,1H3,(H,25,26)/t14-,16-. The lowest BCUT2D eigenvalue weighted by Crippen LogP contribution is -2.15. The Labute approximate surface area is 189 Å². The van der Waals surface area contributed by atoms with E-state index in [-0.39, 0.29) is 6.61 Å². The van der Waals surface area contributed by atoms with Gasteiger partial charge in [-0.3, -0.25) is 4.57 Å². The van der Waals surface area contributed by atoms with Gasteiger partial charge in [0, 0.05) is 55.3 Å². The maximum atomic E-state index is 9.37. The van der Waals surface area contributed by atoms with Gasteiger partial charge in [0.15, 0.2) is 5.01 Å². The molecule has 5 rings (SSSR count). The molecule has 0 radical (unpaired) electrons. The fraction of sp³-hybridized carbons (Fsp3) is 0.348. The summed E-state index contributed by atoms with van der Waals surface area (Å²) in [5, 5.41) is 33.5. The monoisotopic (exact) mass is 445 g/mol. The molecule has 0 atom stereocenters. The Morgan fingerprint density at radius 1 is 1.19 bits per heavy atom. The highest BCUT2D eigenvalue weighted by atomic mass is 32.1. The first-order chi connectivity index (χ1) is 15.7. The minimum absolute atomic E-state index is 0.281. The van der Waals surface area contributed by atoms with Gasteiger partial charge in [0.2, 0.25) is 0 Å². The Kier molecular flexibility index (Phi) is 5.55. The average Bonchev–Trinajstić information content (AvgIpc) is 3.51. The van der Waals surface area contributed by atoms with Crippen LogP contribution in [0.5, 0.6) is 0 Å². The zero-order valence-electron chi connectivity index (χ0n) is 17.7. The lowest BCUT2D eigenvalue weighted by Gasteiger charge is -2.25. The van der Waals surface area contributed by atoms with Crippen molar-refractivity contribution in [2.24, 2.45) is 5.92 Å². The third-order valence-corrected chi connectivity index (χ3v) is 7.31. The van der Waals surface area contributed by atoms with Crippen LogP contribution in [0.4, 0.5) is 5.69 Å². The van der Waals surface area contributed by atoms with Crippen LogP contribution in [-0.4, -0.2) is 43.5 Å². The number of nitriles is 1. The number of aliphatic hydroxyl groups excluding tert-OH is 1. The summed E-state index contributed by atoms with van der Waals surface area (Å²) in [7, 11) is 1.88. The largest absolute Gasteiger partial charge is 0.396 e. The van der Waals surface area contributed by atoms with E-state index in [2.05, 4.69) is 31.6 Å². The van der Waals surface area contributed by atoms with E-state index in [4.69, 9.17) is 5.26 Å². The third-order valence-electron chi connectivity index (χ3n) is 6.19. The quantitative estimate of drug-likeness (QED) is 0.475. The van der Waals surface area contributed by atoms with Gasteiger partial charge in [-0.05, 0) is 43.7 Å². The Hall–Kier alpha value is -3.35. The van der Waals surface area contributed by atoms with Crippen LogP contribution in [0.25, 0.3) is 27.4 Å². The molecule has 0 aliphatic heterocycles. The van der Waals surface area contributed by atoms with Gasteiger partial charge < -0.3 is 10.4 Å². The summed E-state index contributed by atoms with van der Waals surface area (Å²) < 4.78 is 1.91. The van der Waals surface area contributed by atoms with Gasteiger partial charge in [-0.25, -0.2) is 9.97 Å². The summed E-state index contributed by atoms with van der Waals surface area (Å²) in [5.74, 6) is 1.58. The lowest BCUT2D eigenvalue weighted by atomic mass is 9.83. The third kappa shape index (κ3) is 3.72. The van der Waals surface area contributed by atoms with Gasteiger partial charge in [-0.15, -0.1) is 10.2 Å². The summed E-state index contributed by atoms with van der Waals surface area (Å²) in [6.45, 7) is 0.281. The predicted molar refractivity (Wildman–Crippen MR) is 124 cm³/mol. The SMILES string of the molecule is CNc1cc(-n2ccc3cc(C#N)cnc32)ncc1-c1nnc([C@H]2CC[C@H](CO)CC2)s1. The van der Waals surface area contributed by atoms with Crippen LogP contribution >= 0.6 is 11.3 Å². The highest BCUT2D eigenvalue weighted by molar-refractivity contribution is 7.14. The molecule has 0 saturated heterocycles. The van der Waals surface area contributed by atoms with Crippen molar-refractivity contribution in [3.63, 3.8) is 0 Å². The van der Waals surface area contributed by atoms with Crippen molar-refractivity contribution in [2.45, 2.75) is 31.6 Å². The van der Waals surface area contributed by atoms with Crippen molar-refractivity contribution in [2.75, 3.05) is 19.0 Å². The van der Waals surface area contributed by atoms with E-state index in [1.165, 1.54) is 0 Å². The van der Waals surface area contributed by atoms with E-state index < -0.39 is 0 Å². The van der Waals surface area contributed by atoms with E-state index in [9.17, 15) is 5.11 Å². The van der Waals surface area contributed by atoms with Gasteiger partial charge in [-0.2, -0.15) is 5.26 Å². The van der Waals surface area contributed by atoms with E-state index >= 15 is 0 Å². The molecule has 4 aromatic heterocycles. The van der Waals surface area contributed by atoms with Crippen LogP contribution < -0.4 is 5.32 Å². The van der Waals surface area contributed by atoms with Gasteiger partial charge in [0.25, 0.3) is 0 Å². The van der Waals surface area contributed by atoms with Gasteiger partial charge in [-0.1, -0.05) is 11.3 Å². The highest BCUT2D eigenvalue weighted by Gasteiger charge is 2.25. The van der Waals surface area contributed by atoms with Gasteiger partial charge >= 0.3 is 0 Å². The topological polar surface area (TPSA) is 113 Å². The fourth-order valence-corrected chi connectivity index (χ4v) is 5.36. The molecule has 0 unspecified atom stereocenters. The van der Waals surface area contributed by atoms with Crippen molar-refractivity contribution in [1.82, 2.24) is 24.7 Å². The van der Waals surface area contributed by atoms with Crippen molar-refractivity contribution >= 4 is 28.1 Å². The molecule has 8 nitrogen and oxygen atoms in total. The molecule has 1 fully saturated rings. The first-order valence-electron chi connectivity index (χ1n) is 10.7. The Morgan fingerprint density at radius 2 is 2.03 bits per heavy atom. The molecule has 4 heterocycles. The van der Waals surface area contributed by atoms with Crippen molar-refractivity contribution < 1.29 is 5.11 Å². The number of pyridine rings is 2. The zero-order valence-corrected chi connectivity index (χ0v) is 18.5. The lowest BCUT2D eigenvalue weighted by molar-refractivity contribution is 0.182. The van der Waals surface area contributed by atoms with Gasteiger partial charge in [0.05, 0.1) is 11.1 Å². The summed E-state index contributed by atoms with van der Waals surface area (Å²) in [6, 6.07) is 7.85. The summed E-state index contributed by atoms with van der Waals surface area (Å²) in [6.07, 6.45) is 9.50. The Morgan fingerprint density at radius 3 is 2.78 bits per heavy atom. The minimum Gasteiger partial charge on any atom is -0.396 e. The predicted octanol–water partition coefficient (Wildman–Crippen LogP) is 4.12. The minimum atomic E-state index is 0.281. The Balaban J connectivity index is 1.44. The smallest absolute Gasteiger partial charge is 0.151 e. The fourth-order valence-electron chi connectivity index (χ4n) is 4.32. The molecule has 1 aliphatic carbocycles. The molecule has 4 aromatic rings. The van der Waals surface area contributed by atoms with Crippen molar-refractivity contribution in [1.29, 1.82) is 5.26 Å². The number of aliphatic hydroxyl groups is 1. The zero-order chi connectivity index (χ0) is 22.1. The second-order valence-corrected chi connectivity index (χ2v) is 9.13. The number of anilines is 1. The number of hydrogen-bond acceptors (Lipinski definition) is 8. The van der Waals surface area contributed by atoms with Gasteiger partial charge in [0.1, 0.15) is 22.5 Å². The first-order valence-corrected chi connectivity index (χ1v) is 11.5. The molecule has 32 heavy (non-hydrogen) atoms. The number of nitrogens with one attached hydrogen (secondary N) is 1. The molecule has 0 aromatic carbocycles. The molecule has 0 spiro atoms. The molecule has 1 aliphatic rings. The average molecular weight is 446 g/mol. The molecular weight excluding hydrogens is 422 g/mol. The van der Waals surface area contributed by atoms with E-state index in [0.29, 0.717) is 17.4 Å². The maximum Gasteiger partial charge on any atom is 0.151 e. The number of rotatable bonds is 5. The van der Waals surface area contributed by atoms with E-state index in [1.807, 2.05) is 42.2 Å². The molecule has 1 saturated carbocycles. The van der Waals surface area contributed by atoms with Crippen LogP contribution in [0.3, 0.4) is 0 Å². The Bertz CT molecular complexity index is 1300. The molecule has 0 amide bonds. The second kappa shape index (κ2) is 8.65. The molecule has 2 N–H and O–H groups in total. The molecular formula is C23H23N7OS. The maximum absolute atomic E-state index is 9.37.